The van der Waals surface area contributed by atoms with E-state index in [4.69, 9.17) is 5.73 Å². The van der Waals surface area contributed by atoms with Gasteiger partial charge in [0.1, 0.15) is 6.34 Å². The average molecular weight is 229 g/mol. The Morgan fingerprint density at radius 2 is 2.00 bits per heavy atom. The maximum Gasteiger partial charge on any atom is 0.111 e. The Labute approximate surface area is 96.3 Å². The molecule has 0 amide bonds. The molecule has 16 heavy (non-hydrogen) atoms. The van der Waals surface area contributed by atoms with Crippen molar-refractivity contribution in [2.75, 3.05) is 6.54 Å². The van der Waals surface area contributed by atoms with E-state index in [-0.39, 0.29) is 10.5 Å². The molecule has 1 aromatic rings. The summed E-state index contributed by atoms with van der Waals surface area (Å²) in [6, 6.07) is 10.4. The van der Waals surface area contributed by atoms with Crippen LogP contribution in [0, 0.1) is 0 Å². The van der Waals surface area contributed by atoms with Crippen LogP contribution < -0.4 is 5.73 Å². The van der Waals surface area contributed by atoms with Gasteiger partial charge in [-0.2, -0.15) is 0 Å². The first-order valence-corrected chi connectivity index (χ1v) is 6.33. The molecule has 0 saturated carbocycles. The van der Waals surface area contributed by atoms with E-state index in [1.165, 1.54) is 9.76 Å². The Balaban J connectivity index is 2.16. The maximum absolute atomic E-state index is 5.97. The molecule has 1 atom stereocenters. The van der Waals surface area contributed by atoms with Crippen LogP contribution in [0.3, 0.4) is 0 Å². The third kappa shape index (κ3) is 1.42. The lowest BCUT2D eigenvalue weighted by Crippen LogP contribution is -2.22. The van der Waals surface area contributed by atoms with E-state index in [0.29, 0.717) is 6.54 Å². The normalized spacial score (nSPS) is 22.8. The molecule has 0 spiro atoms. The van der Waals surface area contributed by atoms with Crippen LogP contribution in [0.1, 0.15) is 0 Å². The summed E-state index contributed by atoms with van der Waals surface area (Å²) in [4.78, 5) is 11.0. The number of fused-ring (bicyclic) bond motifs is 1. The van der Waals surface area contributed by atoms with Crippen LogP contribution in [0.15, 0.2) is 56.3 Å². The molecule has 1 aromatic carbocycles. The lowest BCUT2D eigenvalue weighted by molar-refractivity contribution is 1.31. The van der Waals surface area contributed by atoms with Gasteiger partial charge in [0, 0.05) is 9.76 Å². The van der Waals surface area contributed by atoms with Crippen molar-refractivity contribution in [1.29, 1.82) is 0 Å². The van der Waals surface area contributed by atoms with Gasteiger partial charge in [0.2, 0.25) is 0 Å². The molecule has 0 aliphatic carbocycles. The molecule has 2 aliphatic rings. The molecule has 2 heterocycles. The van der Waals surface area contributed by atoms with Crippen LogP contribution in [0.5, 0.6) is 0 Å². The van der Waals surface area contributed by atoms with Crippen LogP contribution in [0.25, 0.3) is 0 Å². The lowest BCUT2D eigenvalue weighted by atomic mass is 10.2. The summed E-state index contributed by atoms with van der Waals surface area (Å²) in [5, 5.41) is 2.10. The van der Waals surface area contributed by atoms with Crippen LogP contribution in [-0.4, -0.2) is 23.5 Å². The highest BCUT2D eigenvalue weighted by molar-refractivity contribution is 8.20. The van der Waals surface area contributed by atoms with Crippen molar-refractivity contribution < 1.29 is 0 Å². The molecule has 1 unspecified atom stereocenters. The van der Waals surface area contributed by atoms with Crippen LogP contribution >= 0.6 is 10.5 Å². The van der Waals surface area contributed by atoms with Gasteiger partial charge >= 0.3 is 0 Å². The van der Waals surface area contributed by atoms with Crippen LogP contribution in [-0.2, 0) is 0 Å². The first-order valence-electron chi connectivity index (χ1n) is 5.04. The minimum atomic E-state index is -0.0522. The number of rotatable bonds is 1. The topological polar surface area (TPSA) is 50.7 Å². The molecule has 2 aliphatic heterocycles. The first-order chi connectivity index (χ1) is 7.86. The number of hydrogen-bond donors (Lipinski definition) is 1. The second-order valence-electron chi connectivity index (χ2n) is 3.58. The van der Waals surface area contributed by atoms with Crippen molar-refractivity contribution in [1.82, 2.24) is 0 Å². The van der Waals surface area contributed by atoms with E-state index < -0.39 is 0 Å². The highest BCUT2D eigenvalue weighted by Crippen LogP contribution is 2.35. The third-order valence-electron chi connectivity index (χ3n) is 2.55. The van der Waals surface area contributed by atoms with Crippen molar-refractivity contribution in [3.05, 3.63) is 41.4 Å². The molecular formula is C12H11N3S. The monoisotopic (exact) mass is 229 g/mol. The molecule has 0 saturated heterocycles. The number of hydrogen-bond acceptors (Lipinski definition) is 3. The summed E-state index contributed by atoms with van der Waals surface area (Å²) in [6.45, 7) is 0.716. The second-order valence-corrected chi connectivity index (χ2v) is 5.46. The van der Waals surface area contributed by atoms with E-state index in [9.17, 15) is 0 Å². The summed E-state index contributed by atoms with van der Waals surface area (Å²) < 4.78 is 0. The largest absolute Gasteiger partial charge is 0.397 e. The van der Waals surface area contributed by atoms with Gasteiger partial charge < -0.3 is 5.73 Å². The lowest BCUT2D eigenvalue weighted by Gasteiger charge is -2.09. The Morgan fingerprint density at radius 1 is 1.19 bits per heavy atom. The van der Waals surface area contributed by atoms with Gasteiger partial charge in [0.25, 0.3) is 0 Å². The number of aliphatic imine (C=N–C) groups is 2. The Morgan fingerprint density at radius 3 is 2.81 bits per heavy atom. The fourth-order valence-corrected chi connectivity index (χ4v) is 3.78. The Kier molecular flexibility index (Phi) is 2.22. The van der Waals surface area contributed by atoms with Crippen LogP contribution in [0.4, 0.5) is 0 Å². The minimum Gasteiger partial charge on any atom is -0.397 e. The van der Waals surface area contributed by atoms with Crippen molar-refractivity contribution in [2.45, 2.75) is 4.90 Å². The van der Waals surface area contributed by atoms with Gasteiger partial charge in [-0.25, -0.2) is 4.99 Å². The summed E-state index contributed by atoms with van der Waals surface area (Å²) in [7, 11) is -0.0522. The SMILES string of the molecule is NC1=CS(c2ccccc2)=C2CN=CN=C12. The highest BCUT2D eigenvalue weighted by atomic mass is 32.2. The van der Waals surface area contributed by atoms with Gasteiger partial charge in [0.05, 0.1) is 18.0 Å². The fourth-order valence-electron chi connectivity index (χ4n) is 1.81. The number of allylic oxidation sites excluding steroid dienone is 1. The number of nitrogens with two attached hydrogens (primary N) is 1. The molecular weight excluding hydrogens is 218 g/mol. The van der Waals surface area contributed by atoms with E-state index >= 15 is 0 Å². The third-order valence-corrected chi connectivity index (χ3v) is 4.67. The molecule has 80 valence electrons. The van der Waals surface area contributed by atoms with Crippen molar-refractivity contribution >= 4 is 27.4 Å². The molecule has 3 rings (SSSR count). The smallest absolute Gasteiger partial charge is 0.111 e. The van der Waals surface area contributed by atoms with Gasteiger partial charge in [0.15, 0.2) is 0 Å². The summed E-state index contributed by atoms with van der Waals surface area (Å²) in [5.41, 5.74) is 7.69. The van der Waals surface area contributed by atoms with Gasteiger partial charge in [-0.1, -0.05) is 18.2 Å². The van der Waals surface area contributed by atoms with Crippen molar-refractivity contribution in [3.63, 3.8) is 0 Å². The number of benzene rings is 1. The van der Waals surface area contributed by atoms with Gasteiger partial charge in [-0.05, 0) is 17.5 Å². The zero-order chi connectivity index (χ0) is 11.0. The molecule has 3 nitrogen and oxygen atoms in total. The molecule has 0 bridgehead atoms. The highest BCUT2D eigenvalue weighted by Gasteiger charge is 2.22. The summed E-state index contributed by atoms with van der Waals surface area (Å²) >= 11 is 0. The zero-order valence-electron chi connectivity index (χ0n) is 8.63. The standard InChI is InChI=1S/C12H11N3S/c13-10-7-16(9-4-2-1-3-5-9)11-6-14-8-15-12(10)11/h1-5,7-8H,6,13H2. The summed E-state index contributed by atoms with van der Waals surface area (Å²) in [5.74, 6) is 0. The minimum absolute atomic E-state index is 0.0522. The molecule has 4 heteroatoms. The molecule has 0 fully saturated rings. The molecule has 2 N–H and O–H groups in total. The van der Waals surface area contributed by atoms with E-state index in [1.54, 1.807) is 6.34 Å². The quantitative estimate of drug-likeness (QED) is 0.733. The molecule has 0 aromatic heterocycles. The Hall–Kier alpha value is -1.68. The van der Waals surface area contributed by atoms with E-state index in [1.807, 2.05) is 18.2 Å². The van der Waals surface area contributed by atoms with Gasteiger partial charge in [-0.3, -0.25) is 4.99 Å². The van der Waals surface area contributed by atoms with E-state index in [0.717, 1.165) is 11.4 Å². The average Bonchev–Trinajstić information content (AvgIpc) is 2.69. The fraction of sp³-hybridized carbons (Fsp3) is 0.0833. The van der Waals surface area contributed by atoms with E-state index in [2.05, 4.69) is 27.5 Å². The predicted molar refractivity (Wildman–Crippen MR) is 70.4 cm³/mol. The predicted octanol–water partition coefficient (Wildman–Crippen LogP) is 1.78. The first kappa shape index (κ1) is 9.54. The van der Waals surface area contributed by atoms with Gasteiger partial charge in [-0.15, -0.1) is 10.5 Å². The second kappa shape index (κ2) is 3.72. The maximum atomic E-state index is 5.97. The molecule has 0 radical (unpaired) electrons. The summed E-state index contributed by atoms with van der Waals surface area (Å²) in [6.07, 6.45) is 1.59. The number of nitrogens with zero attached hydrogens (tertiary/aromatic N) is 2. The van der Waals surface area contributed by atoms with Crippen LogP contribution in [0.2, 0.25) is 0 Å². The van der Waals surface area contributed by atoms with Crippen molar-refractivity contribution in [2.24, 2.45) is 15.7 Å². The van der Waals surface area contributed by atoms with Crippen molar-refractivity contribution in [3.8, 4) is 0 Å². The Bertz CT molecular complexity index is 553. The zero-order valence-corrected chi connectivity index (χ0v) is 9.45.